The van der Waals surface area contributed by atoms with Gasteiger partial charge in [-0.15, -0.1) is 0 Å². The van der Waals surface area contributed by atoms with E-state index in [-0.39, 0.29) is 19.1 Å². The Balaban J connectivity index is 1.57. The van der Waals surface area contributed by atoms with Crippen molar-refractivity contribution in [2.45, 2.75) is 32.1 Å². The van der Waals surface area contributed by atoms with Crippen LogP contribution in [-0.4, -0.2) is 37.9 Å². The second-order valence-corrected chi connectivity index (χ2v) is 5.84. The summed E-state index contributed by atoms with van der Waals surface area (Å²) in [4.78, 5) is 33.8. The van der Waals surface area contributed by atoms with Gasteiger partial charge in [0.2, 0.25) is 0 Å². The first-order valence-corrected chi connectivity index (χ1v) is 8.45. The molecule has 0 fully saturated rings. The summed E-state index contributed by atoms with van der Waals surface area (Å²) in [6.07, 6.45) is 8.51. The molecular weight excluding hydrogens is 322 g/mol. The van der Waals surface area contributed by atoms with Gasteiger partial charge in [0.05, 0.1) is 0 Å². The predicted octanol–water partition coefficient (Wildman–Crippen LogP) is 2.43. The van der Waals surface area contributed by atoms with Gasteiger partial charge in [0.1, 0.15) is 12.0 Å². The van der Waals surface area contributed by atoms with E-state index in [2.05, 4.69) is 11.4 Å². The number of esters is 1. The van der Waals surface area contributed by atoms with Crippen LogP contribution in [0.1, 0.15) is 42.5 Å². The minimum atomic E-state index is -0.621. The fraction of sp³-hybridized carbons (Fsp3) is 0.421. The van der Waals surface area contributed by atoms with Gasteiger partial charge in [-0.1, -0.05) is 11.6 Å². The summed E-state index contributed by atoms with van der Waals surface area (Å²) in [5.74, 6) is -0.488. The number of carbonyl (C=O) groups is 3. The van der Waals surface area contributed by atoms with E-state index >= 15 is 0 Å². The molecule has 0 saturated carbocycles. The van der Waals surface area contributed by atoms with Gasteiger partial charge in [-0.2, -0.15) is 0 Å². The van der Waals surface area contributed by atoms with Crippen LogP contribution in [0.15, 0.2) is 35.9 Å². The Bertz CT molecular complexity index is 621. The second kappa shape index (κ2) is 10.3. The number of allylic oxidation sites excluding steroid dienone is 1. The molecule has 1 aromatic rings. The van der Waals surface area contributed by atoms with Gasteiger partial charge in [-0.25, -0.2) is 4.79 Å². The molecule has 1 aromatic carbocycles. The highest BCUT2D eigenvalue weighted by Crippen LogP contribution is 2.19. The molecule has 0 heterocycles. The molecule has 0 unspecified atom stereocenters. The third kappa shape index (κ3) is 7.20. The lowest BCUT2D eigenvalue weighted by atomic mass is 9.97. The highest BCUT2D eigenvalue weighted by Gasteiger charge is 2.09. The van der Waals surface area contributed by atoms with Crippen molar-refractivity contribution in [2.24, 2.45) is 0 Å². The standard InChI is InChI=1S/C19H23NO5/c21-12-16-6-8-17(9-7-16)24-14-19(23)25-13-18(22)20-11-10-15-4-2-1-3-5-15/h4,6-9,12H,1-3,5,10-11,13-14H2,(H,20,22). The van der Waals surface area contributed by atoms with Crippen LogP contribution in [0.5, 0.6) is 5.75 Å². The maximum Gasteiger partial charge on any atom is 0.344 e. The Morgan fingerprint density at radius 2 is 1.92 bits per heavy atom. The molecule has 25 heavy (non-hydrogen) atoms. The zero-order valence-electron chi connectivity index (χ0n) is 14.2. The number of hydrogen-bond donors (Lipinski definition) is 1. The van der Waals surface area contributed by atoms with Gasteiger partial charge in [-0.05, 0) is 56.4 Å². The van der Waals surface area contributed by atoms with Crippen molar-refractivity contribution in [1.82, 2.24) is 5.32 Å². The van der Waals surface area contributed by atoms with Crippen molar-refractivity contribution < 1.29 is 23.9 Å². The molecule has 134 valence electrons. The average Bonchev–Trinajstić information content (AvgIpc) is 2.66. The number of carbonyl (C=O) groups excluding carboxylic acids is 3. The fourth-order valence-corrected chi connectivity index (χ4v) is 2.52. The van der Waals surface area contributed by atoms with Gasteiger partial charge in [-0.3, -0.25) is 9.59 Å². The lowest BCUT2D eigenvalue weighted by Crippen LogP contribution is -2.30. The van der Waals surface area contributed by atoms with Crippen molar-refractivity contribution in [1.29, 1.82) is 0 Å². The molecule has 0 bridgehead atoms. The minimum absolute atomic E-state index is 0.291. The summed E-state index contributed by atoms with van der Waals surface area (Å²) in [5.41, 5.74) is 1.91. The Kier molecular flexibility index (Phi) is 7.69. The van der Waals surface area contributed by atoms with E-state index in [1.165, 1.54) is 18.4 Å². The highest BCUT2D eigenvalue weighted by molar-refractivity contribution is 5.81. The van der Waals surface area contributed by atoms with Gasteiger partial charge in [0.15, 0.2) is 13.2 Å². The summed E-state index contributed by atoms with van der Waals surface area (Å²) in [5, 5.41) is 2.74. The fourth-order valence-electron chi connectivity index (χ4n) is 2.52. The van der Waals surface area contributed by atoms with Crippen molar-refractivity contribution in [3.05, 3.63) is 41.5 Å². The highest BCUT2D eigenvalue weighted by atomic mass is 16.6. The Morgan fingerprint density at radius 1 is 1.12 bits per heavy atom. The number of aldehydes is 1. The molecule has 0 radical (unpaired) electrons. The Labute approximate surface area is 147 Å². The first-order chi connectivity index (χ1) is 12.2. The monoisotopic (exact) mass is 345 g/mol. The normalized spacial score (nSPS) is 13.5. The van der Waals surface area contributed by atoms with Gasteiger partial charge in [0.25, 0.3) is 5.91 Å². The number of nitrogens with one attached hydrogen (secondary N) is 1. The van der Waals surface area contributed by atoms with E-state index in [0.29, 0.717) is 17.9 Å². The molecule has 0 atom stereocenters. The van der Waals surface area contributed by atoms with Crippen molar-refractivity contribution in [3.8, 4) is 5.75 Å². The van der Waals surface area contributed by atoms with E-state index in [1.54, 1.807) is 24.3 Å². The van der Waals surface area contributed by atoms with E-state index in [4.69, 9.17) is 9.47 Å². The van der Waals surface area contributed by atoms with E-state index in [9.17, 15) is 14.4 Å². The van der Waals surface area contributed by atoms with Crippen LogP contribution >= 0.6 is 0 Å². The number of ether oxygens (including phenoxy) is 2. The summed E-state index contributed by atoms with van der Waals surface area (Å²) >= 11 is 0. The summed E-state index contributed by atoms with van der Waals surface area (Å²) in [6.45, 7) is -0.0479. The third-order valence-electron chi connectivity index (χ3n) is 3.89. The number of rotatable bonds is 9. The minimum Gasteiger partial charge on any atom is -0.482 e. The van der Waals surface area contributed by atoms with Crippen LogP contribution in [0.3, 0.4) is 0 Å². The third-order valence-corrected chi connectivity index (χ3v) is 3.89. The number of benzene rings is 1. The zero-order chi connectivity index (χ0) is 17.9. The largest absolute Gasteiger partial charge is 0.482 e. The lowest BCUT2D eigenvalue weighted by molar-refractivity contribution is -0.150. The molecule has 1 aliphatic rings. The topological polar surface area (TPSA) is 81.7 Å². The number of hydrogen-bond acceptors (Lipinski definition) is 5. The molecule has 2 rings (SSSR count). The molecule has 0 saturated heterocycles. The molecule has 6 nitrogen and oxygen atoms in total. The zero-order valence-corrected chi connectivity index (χ0v) is 14.2. The molecule has 0 aliphatic heterocycles. The smallest absolute Gasteiger partial charge is 0.344 e. The lowest BCUT2D eigenvalue weighted by Gasteiger charge is -2.13. The maximum atomic E-state index is 11.7. The second-order valence-electron chi connectivity index (χ2n) is 5.84. The first-order valence-electron chi connectivity index (χ1n) is 8.45. The van der Waals surface area contributed by atoms with Crippen molar-refractivity contribution >= 4 is 18.2 Å². The molecule has 6 heteroatoms. The van der Waals surface area contributed by atoms with Crippen molar-refractivity contribution in [2.75, 3.05) is 19.8 Å². The number of amides is 1. The van der Waals surface area contributed by atoms with Crippen LogP contribution in [-0.2, 0) is 14.3 Å². The Hall–Kier alpha value is -2.63. The van der Waals surface area contributed by atoms with E-state index in [1.807, 2.05) is 0 Å². The molecule has 0 aromatic heterocycles. The maximum absolute atomic E-state index is 11.7. The SMILES string of the molecule is O=Cc1ccc(OCC(=O)OCC(=O)NCCC2=CCCCC2)cc1. The van der Waals surface area contributed by atoms with Crippen LogP contribution in [0.2, 0.25) is 0 Å². The quantitative estimate of drug-likeness (QED) is 0.422. The van der Waals surface area contributed by atoms with Crippen LogP contribution in [0.4, 0.5) is 0 Å². The molecule has 1 aliphatic carbocycles. The van der Waals surface area contributed by atoms with Crippen LogP contribution < -0.4 is 10.1 Å². The molecular formula is C19H23NO5. The summed E-state index contributed by atoms with van der Waals surface area (Å²) in [7, 11) is 0. The van der Waals surface area contributed by atoms with E-state index in [0.717, 1.165) is 25.5 Å². The Morgan fingerprint density at radius 3 is 2.60 bits per heavy atom. The molecule has 1 N–H and O–H groups in total. The van der Waals surface area contributed by atoms with Crippen LogP contribution in [0, 0.1) is 0 Å². The van der Waals surface area contributed by atoms with E-state index < -0.39 is 5.97 Å². The molecule has 1 amide bonds. The average molecular weight is 345 g/mol. The molecule has 0 spiro atoms. The summed E-state index contributed by atoms with van der Waals surface area (Å²) in [6, 6.07) is 6.35. The predicted molar refractivity (Wildman–Crippen MR) is 92.5 cm³/mol. The van der Waals surface area contributed by atoms with Crippen molar-refractivity contribution in [3.63, 3.8) is 0 Å². The van der Waals surface area contributed by atoms with Crippen LogP contribution in [0.25, 0.3) is 0 Å². The van der Waals surface area contributed by atoms with Gasteiger partial charge in [0, 0.05) is 12.1 Å². The van der Waals surface area contributed by atoms with Gasteiger partial charge >= 0.3 is 5.97 Å². The first kappa shape index (κ1) is 18.7. The van der Waals surface area contributed by atoms with Gasteiger partial charge < -0.3 is 14.8 Å². The summed E-state index contributed by atoms with van der Waals surface area (Å²) < 4.78 is 10.1.